The second kappa shape index (κ2) is 5.98. The number of Topliss-reactive ketones (excluding diaryl/α,β-unsaturated/α-hetero) is 1. The fraction of sp³-hybridized carbons (Fsp3) is 0.588. The van der Waals surface area contributed by atoms with E-state index >= 15 is 0 Å². The Morgan fingerprint density at radius 1 is 1.30 bits per heavy atom. The van der Waals surface area contributed by atoms with Crippen LogP contribution >= 0.6 is 15.9 Å². The number of benzene rings is 1. The fourth-order valence-electron chi connectivity index (χ4n) is 4.08. The van der Waals surface area contributed by atoms with Gasteiger partial charge in [0.15, 0.2) is 5.78 Å². The number of carbonyl (C=O) groups is 1. The molecule has 2 saturated carbocycles. The molecule has 0 aliphatic heterocycles. The first-order valence-electron chi connectivity index (χ1n) is 7.59. The summed E-state index contributed by atoms with van der Waals surface area (Å²) in [5, 5.41) is 0. The largest absolute Gasteiger partial charge is 0.299 e. The van der Waals surface area contributed by atoms with E-state index < -0.39 is 0 Å². The second-order valence-corrected chi connectivity index (χ2v) is 7.39. The summed E-state index contributed by atoms with van der Waals surface area (Å²) in [6, 6.07) is 7.70. The molecule has 0 aromatic heterocycles. The van der Waals surface area contributed by atoms with E-state index in [1.54, 1.807) is 0 Å². The molecule has 0 N–H and O–H groups in total. The zero-order valence-corrected chi connectivity index (χ0v) is 13.6. The lowest BCUT2D eigenvalue weighted by atomic mass is 9.88. The van der Waals surface area contributed by atoms with Crippen molar-refractivity contribution < 1.29 is 4.79 Å². The van der Waals surface area contributed by atoms with Crippen LogP contribution in [0.2, 0.25) is 0 Å². The molecule has 20 heavy (non-hydrogen) atoms. The van der Waals surface area contributed by atoms with Gasteiger partial charge in [0.1, 0.15) is 0 Å². The monoisotopic (exact) mass is 335 g/mol. The molecule has 0 saturated heterocycles. The van der Waals surface area contributed by atoms with Gasteiger partial charge in [-0.2, -0.15) is 0 Å². The SMILES string of the molecule is CN(CC(=O)c1ccccc1Br)CC1CC2CCC1C2. The van der Waals surface area contributed by atoms with Crippen LogP contribution in [0.25, 0.3) is 0 Å². The molecule has 2 aliphatic rings. The van der Waals surface area contributed by atoms with E-state index in [4.69, 9.17) is 0 Å². The third-order valence-electron chi connectivity index (χ3n) is 5.02. The van der Waals surface area contributed by atoms with Crippen LogP contribution in [0.15, 0.2) is 28.7 Å². The van der Waals surface area contributed by atoms with Gasteiger partial charge in [-0.1, -0.05) is 40.5 Å². The third kappa shape index (κ3) is 2.99. The first-order valence-corrected chi connectivity index (χ1v) is 8.39. The summed E-state index contributed by atoms with van der Waals surface area (Å²) in [7, 11) is 2.08. The van der Waals surface area contributed by atoms with Crippen molar-refractivity contribution in [2.45, 2.75) is 25.7 Å². The molecule has 0 amide bonds. The zero-order valence-electron chi connectivity index (χ0n) is 12.0. The fourth-order valence-corrected chi connectivity index (χ4v) is 4.59. The van der Waals surface area contributed by atoms with Crippen molar-refractivity contribution in [3.05, 3.63) is 34.3 Å². The van der Waals surface area contributed by atoms with Crippen molar-refractivity contribution in [2.75, 3.05) is 20.1 Å². The first kappa shape index (κ1) is 14.3. The Balaban J connectivity index is 1.55. The van der Waals surface area contributed by atoms with Gasteiger partial charge in [0.2, 0.25) is 0 Å². The minimum atomic E-state index is 0.211. The first-order chi connectivity index (χ1) is 9.63. The zero-order chi connectivity index (χ0) is 14.1. The van der Waals surface area contributed by atoms with Crippen molar-refractivity contribution in [3.63, 3.8) is 0 Å². The molecule has 3 unspecified atom stereocenters. The maximum atomic E-state index is 12.3. The highest BCUT2D eigenvalue weighted by Gasteiger charge is 2.39. The summed E-state index contributed by atoms with van der Waals surface area (Å²) in [6.07, 6.45) is 5.69. The summed E-state index contributed by atoms with van der Waals surface area (Å²) in [4.78, 5) is 14.6. The van der Waals surface area contributed by atoms with Crippen LogP contribution in [-0.4, -0.2) is 30.8 Å². The summed E-state index contributed by atoms with van der Waals surface area (Å²) in [5.74, 6) is 2.95. The lowest BCUT2D eigenvalue weighted by Crippen LogP contribution is -2.33. The minimum absolute atomic E-state index is 0.211. The molecular formula is C17H22BrNO. The highest BCUT2D eigenvalue weighted by Crippen LogP contribution is 2.48. The number of likely N-dealkylation sites (N-methyl/N-ethyl adjacent to an activating group) is 1. The summed E-state index contributed by atoms with van der Waals surface area (Å²) >= 11 is 3.46. The normalized spacial score (nSPS) is 28.2. The number of hydrogen-bond acceptors (Lipinski definition) is 2. The Morgan fingerprint density at radius 3 is 2.75 bits per heavy atom. The average Bonchev–Trinajstić information content (AvgIpc) is 3.01. The van der Waals surface area contributed by atoms with Gasteiger partial charge < -0.3 is 0 Å². The smallest absolute Gasteiger partial charge is 0.177 e. The van der Waals surface area contributed by atoms with Crippen molar-refractivity contribution in [3.8, 4) is 0 Å². The molecule has 0 spiro atoms. The van der Waals surface area contributed by atoms with Gasteiger partial charge in [-0.05, 0) is 50.1 Å². The predicted octanol–water partition coefficient (Wildman–Crippen LogP) is 4.00. The molecule has 0 radical (unpaired) electrons. The molecule has 2 nitrogen and oxygen atoms in total. The van der Waals surface area contributed by atoms with Crippen LogP contribution in [-0.2, 0) is 0 Å². The minimum Gasteiger partial charge on any atom is -0.299 e. The third-order valence-corrected chi connectivity index (χ3v) is 5.71. The number of fused-ring (bicyclic) bond motifs is 2. The number of halogens is 1. The van der Waals surface area contributed by atoms with E-state index in [1.165, 1.54) is 25.7 Å². The number of carbonyl (C=O) groups excluding carboxylic acids is 1. The second-order valence-electron chi connectivity index (χ2n) is 6.53. The maximum Gasteiger partial charge on any atom is 0.177 e. The number of ketones is 1. The lowest BCUT2D eigenvalue weighted by Gasteiger charge is -2.26. The van der Waals surface area contributed by atoms with Gasteiger partial charge in [0.25, 0.3) is 0 Å². The quantitative estimate of drug-likeness (QED) is 0.758. The number of nitrogens with zero attached hydrogens (tertiary/aromatic N) is 1. The van der Waals surface area contributed by atoms with Gasteiger partial charge >= 0.3 is 0 Å². The van der Waals surface area contributed by atoms with Gasteiger partial charge in [0, 0.05) is 16.6 Å². The average molecular weight is 336 g/mol. The topological polar surface area (TPSA) is 20.3 Å². The van der Waals surface area contributed by atoms with Gasteiger partial charge in [-0.15, -0.1) is 0 Å². The van der Waals surface area contributed by atoms with Gasteiger partial charge in [-0.3, -0.25) is 9.69 Å². The molecule has 2 aliphatic carbocycles. The van der Waals surface area contributed by atoms with E-state index in [2.05, 4.69) is 27.9 Å². The highest BCUT2D eigenvalue weighted by atomic mass is 79.9. The van der Waals surface area contributed by atoms with Crippen LogP contribution in [0, 0.1) is 17.8 Å². The van der Waals surface area contributed by atoms with Crippen molar-refractivity contribution >= 4 is 21.7 Å². The molecule has 0 heterocycles. The van der Waals surface area contributed by atoms with E-state index in [0.29, 0.717) is 6.54 Å². The van der Waals surface area contributed by atoms with Crippen molar-refractivity contribution in [1.29, 1.82) is 0 Å². The Bertz CT molecular complexity index is 502. The molecule has 3 rings (SSSR count). The Hall–Kier alpha value is -0.670. The molecular weight excluding hydrogens is 314 g/mol. The van der Waals surface area contributed by atoms with Crippen LogP contribution < -0.4 is 0 Å². The van der Waals surface area contributed by atoms with E-state index in [-0.39, 0.29) is 5.78 Å². The molecule has 3 atom stereocenters. The summed E-state index contributed by atoms with van der Waals surface area (Å²) in [5.41, 5.74) is 0.798. The molecule has 2 fully saturated rings. The Kier molecular flexibility index (Phi) is 4.27. The van der Waals surface area contributed by atoms with Crippen molar-refractivity contribution in [1.82, 2.24) is 4.90 Å². The highest BCUT2D eigenvalue weighted by molar-refractivity contribution is 9.10. The summed E-state index contributed by atoms with van der Waals surface area (Å²) < 4.78 is 0.901. The number of rotatable bonds is 5. The molecule has 108 valence electrons. The van der Waals surface area contributed by atoms with E-state index in [9.17, 15) is 4.79 Å². The van der Waals surface area contributed by atoms with E-state index in [0.717, 1.165) is 34.3 Å². The maximum absolute atomic E-state index is 12.3. The van der Waals surface area contributed by atoms with Gasteiger partial charge in [0.05, 0.1) is 6.54 Å². The van der Waals surface area contributed by atoms with Crippen LogP contribution in [0.4, 0.5) is 0 Å². The molecule has 3 heteroatoms. The van der Waals surface area contributed by atoms with Crippen LogP contribution in [0.1, 0.15) is 36.0 Å². The van der Waals surface area contributed by atoms with Crippen LogP contribution in [0.5, 0.6) is 0 Å². The van der Waals surface area contributed by atoms with Crippen molar-refractivity contribution in [2.24, 2.45) is 17.8 Å². The standard InChI is InChI=1S/C17H22BrNO/c1-19(10-14-9-12-6-7-13(14)8-12)11-17(20)15-4-2-3-5-16(15)18/h2-5,12-14H,6-11H2,1H3. The Labute approximate surface area is 129 Å². The molecule has 1 aromatic rings. The Morgan fingerprint density at radius 2 is 2.10 bits per heavy atom. The predicted molar refractivity (Wildman–Crippen MR) is 84.9 cm³/mol. The van der Waals surface area contributed by atoms with Crippen LogP contribution in [0.3, 0.4) is 0 Å². The number of hydrogen-bond donors (Lipinski definition) is 0. The molecule has 1 aromatic carbocycles. The van der Waals surface area contributed by atoms with E-state index in [1.807, 2.05) is 24.3 Å². The van der Waals surface area contributed by atoms with Gasteiger partial charge in [-0.25, -0.2) is 0 Å². The summed E-state index contributed by atoms with van der Waals surface area (Å²) in [6.45, 7) is 1.61. The molecule has 2 bridgehead atoms. The lowest BCUT2D eigenvalue weighted by molar-refractivity contribution is 0.0928.